The Bertz CT molecular complexity index is 321. The number of hydrogen-bond acceptors (Lipinski definition) is 3. The van der Waals surface area contributed by atoms with Gasteiger partial charge >= 0.3 is 0 Å². The van der Waals surface area contributed by atoms with Gasteiger partial charge in [-0.15, -0.1) is 0 Å². The molecular weight excluding hydrogens is 178 g/mol. The van der Waals surface area contributed by atoms with E-state index in [2.05, 4.69) is 0 Å². The zero-order valence-electron chi connectivity index (χ0n) is 9.13. The number of nitrogens with two attached hydrogens (primary N) is 1. The molecule has 2 N–H and O–H groups in total. The molecule has 14 heavy (non-hydrogen) atoms. The largest absolute Gasteiger partial charge is 0.496 e. The van der Waals surface area contributed by atoms with Gasteiger partial charge in [0.25, 0.3) is 0 Å². The maximum Gasteiger partial charge on any atom is 0.124 e. The lowest BCUT2D eigenvalue weighted by molar-refractivity contribution is 0.394. The fraction of sp³-hybridized carbons (Fsp3) is 0.455. The second-order valence-corrected chi connectivity index (χ2v) is 3.35. The predicted octanol–water partition coefficient (Wildman–Crippen LogP) is 2.03. The average Bonchev–Trinajstić information content (AvgIpc) is 2.16. The quantitative estimate of drug-likeness (QED) is 0.802. The molecule has 0 spiro atoms. The summed E-state index contributed by atoms with van der Waals surface area (Å²) in [6.07, 6.45) is 0. The third-order valence-electron chi connectivity index (χ3n) is 2.24. The molecule has 1 rings (SSSR count). The lowest BCUT2D eigenvalue weighted by atomic mass is 10.0. The summed E-state index contributed by atoms with van der Waals surface area (Å²) in [6, 6.07) is 3.82. The summed E-state index contributed by atoms with van der Waals surface area (Å²) < 4.78 is 10.5. The first-order valence-electron chi connectivity index (χ1n) is 4.58. The van der Waals surface area contributed by atoms with Gasteiger partial charge in [0.1, 0.15) is 11.5 Å². The molecule has 1 aromatic rings. The molecule has 0 aliphatic heterocycles. The molecule has 1 atom stereocenters. The molecule has 78 valence electrons. The van der Waals surface area contributed by atoms with Crippen molar-refractivity contribution in [1.29, 1.82) is 0 Å². The number of benzene rings is 1. The van der Waals surface area contributed by atoms with Crippen LogP contribution in [0.4, 0.5) is 0 Å². The zero-order chi connectivity index (χ0) is 10.7. The van der Waals surface area contributed by atoms with Crippen molar-refractivity contribution in [2.24, 2.45) is 5.73 Å². The number of aryl methyl sites for hydroxylation is 1. The Morgan fingerprint density at radius 1 is 1.14 bits per heavy atom. The molecule has 3 heteroatoms. The third kappa shape index (κ3) is 1.99. The van der Waals surface area contributed by atoms with Gasteiger partial charge in [-0.05, 0) is 31.5 Å². The molecule has 0 aromatic heterocycles. The number of ether oxygens (including phenoxy) is 2. The fourth-order valence-corrected chi connectivity index (χ4v) is 1.43. The smallest absolute Gasteiger partial charge is 0.124 e. The van der Waals surface area contributed by atoms with E-state index < -0.39 is 0 Å². The molecular formula is C11H17NO2. The Balaban J connectivity index is 3.25. The van der Waals surface area contributed by atoms with Gasteiger partial charge < -0.3 is 15.2 Å². The van der Waals surface area contributed by atoms with Crippen LogP contribution < -0.4 is 15.2 Å². The highest BCUT2D eigenvalue weighted by atomic mass is 16.5. The maximum absolute atomic E-state index is 5.83. The summed E-state index contributed by atoms with van der Waals surface area (Å²) in [7, 11) is 3.30. The first-order valence-corrected chi connectivity index (χ1v) is 4.58. The lowest BCUT2D eigenvalue weighted by Gasteiger charge is -2.15. The van der Waals surface area contributed by atoms with E-state index in [0.717, 1.165) is 22.6 Å². The van der Waals surface area contributed by atoms with Gasteiger partial charge in [-0.25, -0.2) is 0 Å². The highest BCUT2D eigenvalue weighted by Gasteiger charge is 2.11. The first-order chi connectivity index (χ1) is 6.60. The minimum Gasteiger partial charge on any atom is -0.496 e. The molecule has 0 fully saturated rings. The van der Waals surface area contributed by atoms with Crippen LogP contribution in [0.2, 0.25) is 0 Å². The van der Waals surface area contributed by atoms with Gasteiger partial charge in [0, 0.05) is 11.6 Å². The normalized spacial score (nSPS) is 12.4. The van der Waals surface area contributed by atoms with E-state index in [1.807, 2.05) is 26.0 Å². The maximum atomic E-state index is 5.83. The Kier molecular flexibility index (Phi) is 3.36. The van der Waals surface area contributed by atoms with Crippen LogP contribution >= 0.6 is 0 Å². The SMILES string of the molecule is COc1cc([C@H](C)N)c(OC)cc1C. The van der Waals surface area contributed by atoms with E-state index in [0.29, 0.717) is 0 Å². The third-order valence-corrected chi connectivity index (χ3v) is 2.24. The van der Waals surface area contributed by atoms with Crippen LogP contribution in [0, 0.1) is 6.92 Å². The van der Waals surface area contributed by atoms with E-state index in [9.17, 15) is 0 Å². The summed E-state index contributed by atoms with van der Waals surface area (Å²) >= 11 is 0. The predicted molar refractivity (Wildman–Crippen MR) is 56.9 cm³/mol. The molecule has 0 heterocycles. The number of hydrogen-bond donors (Lipinski definition) is 1. The Labute approximate surface area is 84.8 Å². The molecule has 0 radical (unpaired) electrons. The summed E-state index contributed by atoms with van der Waals surface area (Å²) in [4.78, 5) is 0. The topological polar surface area (TPSA) is 44.5 Å². The number of methoxy groups -OCH3 is 2. The number of rotatable bonds is 3. The van der Waals surface area contributed by atoms with E-state index in [1.54, 1.807) is 14.2 Å². The highest BCUT2D eigenvalue weighted by molar-refractivity contribution is 5.47. The molecule has 0 saturated carbocycles. The van der Waals surface area contributed by atoms with Crippen molar-refractivity contribution in [1.82, 2.24) is 0 Å². The summed E-state index contributed by atoms with van der Waals surface area (Å²) in [5.74, 6) is 1.66. The van der Waals surface area contributed by atoms with Crippen molar-refractivity contribution in [3.8, 4) is 11.5 Å². The van der Waals surface area contributed by atoms with Gasteiger partial charge in [0.15, 0.2) is 0 Å². The lowest BCUT2D eigenvalue weighted by Crippen LogP contribution is -2.07. The second-order valence-electron chi connectivity index (χ2n) is 3.35. The van der Waals surface area contributed by atoms with Crippen LogP contribution in [0.1, 0.15) is 24.1 Å². The van der Waals surface area contributed by atoms with Crippen LogP contribution in [0.5, 0.6) is 11.5 Å². The molecule has 0 amide bonds. The van der Waals surface area contributed by atoms with Crippen molar-refractivity contribution in [3.63, 3.8) is 0 Å². The molecule has 0 aliphatic carbocycles. The van der Waals surface area contributed by atoms with E-state index in [4.69, 9.17) is 15.2 Å². The van der Waals surface area contributed by atoms with Crippen LogP contribution in [0.25, 0.3) is 0 Å². The van der Waals surface area contributed by atoms with Crippen molar-refractivity contribution in [3.05, 3.63) is 23.3 Å². The van der Waals surface area contributed by atoms with Crippen molar-refractivity contribution in [2.45, 2.75) is 19.9 Å². The van der Waals surface area contributed by atoms with E-state index in [-0.39, 0.29) is 6.04 Å². The molecule has 0 saturated heterocycles. The monoisotopic (exact) mass is 195 g/mol. The van der Waals surface area contributed by atoms with Crippen LogP contribution in [-0.4, -0.2) is 14.2 Å². The highest BCUT2D eigenvalue weighted by Crippen LogP contribution is 2.31. The minimum absolute atomic E-state index is 0.0561. The van der Waals surface area contributed by atoms with Crippen molar-refractivity contribution >= 4 is 0 Å². The van der Waals surface area contributed by atoms with Gasteiger partial charge in [0.2, 0.25) is 0 Å². The molecule has 3 nitrogen and oxygen atoms in total. The van der Waals surface area contributed by atoms with Crippen LogP contribution in [0.3, 0.4) is 0 Å². The fourth-order valence-electron chi connectivity index (χ4n) is 1.43. The summed E-state index contributed by atoms with van der Waals surface area (Å²) in [6.45, 7) is 3.90. The zero-order valence-corrected chi connectivity index (χ0v) is 9.13. The van der Waals surface area contributed by atoms with Crippen molar-refractivity contribution < 1.29 is 9.47 Å². The van der Waals surface area contributed by atoms with Crippen molar-refractivity contribution in [2.75, 3.05) is 14.2 Å². The standard InChI is InChI=1S/C11H17NO2/c1-7-5-11(14-4)9(8(2)12)6-10(7)13-3/h5-6,8H,12H2,1-4H3/t8-/m0/s1. The van der Waals surface area contributed by atoms with Gasteiger partial charge in [0.05, 0.1) is 14.2 Å². The molecule has 0 bridgehead atoms. The van der Waals surface area contributed by atoms with Crippen LogP contribution in [0.15, 0.2) is 12.1 Å². The Morgan fingerprint density at radius 3 is 2.14 bits per heavy atom. The molecule has 0 aliphatic rings. The second kappa shape index (κ2) is 4.33. The summed E-state index contributed by atoms with van der Waals surface area (Å²) in [5.41, 5.74) is 7.85. The Morgan fingerprint density at radius 2 is 1.71 bits per heavy atom. The van der Waals surface area contributed by atoms with Gasteiger partial charge in [-0.3, -0.25) is 0 Å². The first kappa shape index (κ1) is 10.9. The van der Waals surface area contributed by atoms with Crippen LogP contribution in [-0.2, 0) is 0 Å². The van der Waals surface area contributed by atoms with E-state index >= 15 is 0 Å². The van der Waals surface area contributed by atoms with E-state index in [1.165, 1.54) is 0 Å². The van der Waals surface area contributed by atoms with Gasteiger partial charge in [-0.1, -0.05) is 0 Å². The minimum atomic E-state index is -0.0561. The Hall–Kier alpha value is -1.22. The molecule has 0 unspecified atom stereocenters. The summed E-state index contributed by atoms with van der Waals surface area (Å²) in [5, 5.41) is 0. The van der Waals surface area contributed by atoms with Gasteiger partial charge in [-0.2, -0.15) is 0 Å². The average molecular weight is 195 g/mol. The molecule has 1 aromatic carbocycles.